The summed E-state index contributed by atoms with van der Waals surface area (Å²) in [6.45, 7) is 1.65. The van der Waals surface area contributed by atoms with Crippen molar-refractivity contribution in [1.82, 2.24) is 4.98 Å². The van der Waals surface area contributed by atoms with Crippen molar-refractivity contribution in [2.45, 2.75) is 13.1 Å². The predicted molar refractivity (Wildman–Crippen MR) is 36.2 cm³/mol. The molecule has 1 aromatic rings. The van der Waals surface area contributed by atoms with Gasteiger partial charge >= 0.3 is 6.18 Å². The van der Waals surface area contributed by atoms with Crippen LogP contribution >= 0.6 is 11.3 Å². The van der Waals surface area contributed by atoms with Gasteiger partial charge in [0, 0.05) is 11.8 Å². The van der Waals surface area contributed by atoms with Crippen molar-refractivity contribution in [1.29, 1.82) is 0 Å². The molecule has 0 atom stereocenters. The Morgan fingerprint density at radius 2 is 2.18 bits per heavy atom. The first kappa shape index (κ1) is 8.52. The zero-order chi connectivity index (χ0) is 8.48. The summed E-state index contributed by atoms with van der Waals surface area (Å²) in [4.78, 5) is 3.34. The molecule has 1 radical (unpaired) electrons. The van der Waals surface area contributed by atoms with Crippen LogP contribution in [0.3, 0.4) is 0 Å². The second kappa shape index (κ2) is 2.81. The normalized spacial score (nSPS) is 12.0. The molecule has 0 saturated carbocycles. The Hall–Kier alpha value is -0.580. The Balaban J connectivity index is 2.89. The van der Waals surface area contributed by atoms with Crippen molar-refractivity contribution in [3.8, 4) is 0 Å². The minimum Gasteiger partial charge on any atom is -0.237 e. The molecule has 0 saturated heterocycles. The van der Waals surface area contributed by atoms with E-state index in [9.17, 15) is 13.2 Å². The highest BCUT2D eigenvalue weighted by Crippen LogP contribution is 2.31. The van der Waals surface area contributed by atoms with Gasteiger partial charge in [0.15, 0.2) is 5.01 Å². The summed E-state index contributed by atoms with van der Waals surface area (Å²) < 4.78 is 35.6. The number of nitrogens with zero attached hydrogens (tertiary/aromatic N) is 1. The maximum absolute atomic E-state index is 11.9. The van der Waals surface area contributed by atoms with Crippen LogP contribution in [0.1, 0.15) is 17.6 Å². The fourth-order valence-electron chi connectivity index (χ4n) is 0.549. The van der Waals surface area contributed by atoms with E-state index in [-0.39, 0.29) is 0 Å². The lowest BCUT2D eigenvalue weighted by molar-refractivity contribution is -0.137. The summed E-state index contributed by atoms with van der Waals surface area (Å²) in [5.74, 6) is 0. The third-order valence-corrected chi connectivity index (χ3v) is 1.97. The van der Waals surface area contributed by atoms with Crippen LogP contribution < -0.4 is 0 Å². The first-order chi connectivity index (χ1) is 5.04. The Bertz CT molecular complexity index is 240. The molecule has 61 valence electrons. The molecule has 1 rings (SSSR count). The topological polar surface area (TPSA) is 12.9 Å². The Morgan fingerprint density at radius 1 is 1.55 bits per heavy atom. The van der Waals surface area contributed by atoms with Crippen LogP contribution in [0.15, 0.2) is 5.38 Å². The molecule has 0 aliphatic rings. The van der Waals surface area contributed by atoms with Gasteiger partial charge in [-0.1, -0.05) is 6.92 Å². The monoisotopic (exact) mass is 180 g/mol. The summed E-state index contributed by atoms with van der Waals surface area (Å²) in [6.07, 6.45) is -2.77. The van der Waals surface area contributed by atoms with Gasteiger partial charge in [0.05, 0.1) is 5.69 Å². The molecule has 0 N–H and O–H groups in total. The van der Waals surface area contributed by atoms with E-state index in [0.717, 1.165) is 0 Å². The van der Waals surface area contributed by atoms with Crippen molar-refractivity contribution in [2.24, 2.45) is 0 Å². The zero-order valence-electron chi connectivity index (χ0n) is 5.64. The third kappa shape index (κ3) is 1.92. The van der Waals surface area contributed by atoms with E-state index in [1.807, 2.05) is 0 Å². The molecule has 0 amide bonds. The summed E-state index contributed by atoms with van der Waals surface area (Å²) in [6, 6.07) is 0. The number of thiazole rings is 1. The van der Waals surface area contributed by atoms with Gasteiger partial charge < -0.3 is 0 Å². The van der Waals surface area contributed by atoms with Crippen molar-refractivity contribution in [3.05, 3.63) is 22.5 Å². The second-order valence-corrected chi connectivity index (χ2v) is 2.72. The molecule has 0 aliphatic carbocycles. The van der Waals surface area contributed by atoms with Gasteiger partial charge in [0.25, 0.3) is 0 Å². The lowest BCUT2D eigenvalue weighted by Crippen LogP contribution is -2.03. The van der Waals surface area contributed by atoms with Crippen molar-refractivity contribution in [2.75, 3.05) is 0 Å². The largest absolute Gasteiger partial charge is 0.443 e. The Morgan fingerprint density at radius 3 is 2.45 bits per heavy atom. The molecule has 0 spiro atoms. The average Bonchev–Trinajstić information content (AvgIpc) is 2.32. The number of alkyl halides is 3. The Kier molecular flexibility index (Phi) is 2.17. The van der Waals surface area contributed by atoms with Gasteiger partial charge in [-0.25, -0.2) is 4.98 Å². The first-order valence-electron chi connectivity index (χ1n) is 2.86. The minimum absolute atomic E-state index is 0.377. The van der Waals surface area contributed by atoms with Gasteiger partial charge in [-0.3, -0.25) is 0 Å². The van der Waals surface area contributed by atoms with E-state index < -0.39 is 11.2 Å². The number of rotatable bonds is 1. The molecule has 11 heavy (non-hydrogen) atoms. The maximum atomic E-state index is 11.9. The molecular formula is C6H5F3NS. The number of aromatic nitrogens is 1. The van der Waals surface area contributed by atoms with Crippen molar-refractivity contribution >= 4 is 11.3 Å². The van der Waals surface area contributed by atoms with Crippen LogP contribution in [0, 0.1) is 6.42 Å². The molecular weight excluding hydrogens is 175 g/mol. The second-order valence-electron chi connectivity index (χ2n) is 1.86. The SMILES string of the molecule is C[CH]c1csc(C(F)(F)F)n1. The van der Waals surface area contributed by atoms with E-state index in [4.69, 9.17) is 0 Å². The number of hydrogen-bond acceptors (Lipinski definition) is 2. The highest BCUT2D eigenvalue weighted by molar-refractivity contribution is 7.09. The average molecular weight is 180 g/mol. The van der Waals surface area contributed by atoms with Gasteiger partial charge in [-0.2, -0.15) is 13.2 Å². The van der Waals surface area contributed by atoms with E-state index in [1.165, 1.54) is 11.8 Å². The molecule has 0 fully saturated rings. The standard InChI is InChI=1S/C6H5F3NS/c1-2-4-3-11-5(10-4)6(7,8)9/h2-3H,1H3. The van der Waals surface area contributed by atoms with Gasteiger partial charge in [0.1, 0.15) is 0 Å². The predicted octanol–water partition coefficient (Wildman–Crippen LogP) is 2.73. The summed E-state index contributed by atoms with van der Waals surface area (Å²) in [7, 11) is 0. The number of halogens is 3. The third-order valence-electron chi connectivity index (χ3n) is 1.06. The van der Waals surface area contributed by atoms with E-state index in [0.29, 0.717) is 17.0 Å². The molecule has 0 aromatic carbocycles. The molecule has 0 bridgehead atoms. The molecule has 1 aromatic heterocycles. The zero-order valence-corrected chi connectivity index (χ0v) is 6.46. The van der Waals surface area contributed by atoms with Crippen LogP contribution in [0.4, 0.5) is 13.2 Å². The summed E-state index contributed by atoms with van der Waals surface area (Å²) in [5.41, 5.74) is 0.377. The number of hydrogen-bond donors (Lipinski definition) is 0. The van der Waals surface area contributed by atoms with Crippen molar-refractivity contribution < 1.29 is 13.2 Å². The van der Waals surface area contributed by atoms with Crippen molar-refractivity contribution in [3.63, 3.8) is 0 Å². The van der Waals surface area contributed by atoms with E-state index in [1.54, 1.807) is 6.92 Å². The first-order valence-corrected chi connectivity index (χ1v) is 3.74. The van der Waals surface area contributed by atoms with Gasteiger partial charge in [0.2, 0.25) is 0 Å². The fraction of sp³-hybridized carbons (Fsp3) is 0.333. The Labute approximate surface area is 65.9 Å². The summed E-state index contributed by atoms with van der Waals surface area (Å²) >= 11 is 0.614. The van der Waals surface area contributed by atoms with Crippen LogP contribution in [0.2, 0.25) is 0 Å². The molecule has 0 aliphatic heterocycles. The highest BCUT2D eigenvalue weighted by atomic mass is 32.1. The van der Waals surface area contributed by atoms with Gasteiger partial charge in [-0.15, -0.1) is 11.3 Å². The molecule has 5 heteroatoms. The highest BCUT2D eigenvalue weighted by Gasteiger charge is 2.34. The fourth-order valence-corrected chi connectivity index (χ4v) is 1.26. The summed E-state index contributed by atoms with van der Waals surface area (Å²) in [5, 5.41) is 0.591. The smallest absolute Gasteiger partial charge is 0.237 e. The van der Waals surface area contributed by atoms with E-state index >= 15 is 0 Å². The minimum atomic E-state index is -4.30. The molecule has 1 nitrogen and oxygen atoms in total. The van der Waals surface area contributed by atoms with E-state index in [2.05, 4.69) is 4.98 Å². The van der Waals surface area contributed by atoms with Gasteiger partial charge in [-0.05, 0) is 0 Å². The van der Waals surface area contributed by atoms with Crippen LogP contribution in [-0.4, -0.2) is 4.98 Å². The maximum Gasteiger partial charge on any atom is 0.443 e. The van der Waals surface area contributed by atoms with Crippen LogP contribution in [0.5, 0.6) is 0 Å². The molecule has 1 heterocycles. The molecule has 0 unspecified atom stereocenters. The van der Waals surface area contributed by atoms with Crippen LogP contribution in [-0.2, 0) is 6.18 Å². The van der Waals surface area contributed by atoms with Crippen LogP contribution in [0.25, 0.3) is 0 Å². The lowest BCUT2D eigenvalue weighted by atomic mass is 10.4. The quantitative estimate of drug-likeness (QED) is 0.647. The lowest BCUT2D eigenvalue weighted by Gasteiger charge is -1.98.